The van der Waals surface area contributed by atoms with E-state index < -0.39 is 0 Å². The van der Waals surface area contributed by atoms with Gasteiger partial charge < -0.3 is 5.32 Å². The highest BCUT2D eigenvalue weighted by Gasteiger charge is 2.18. The van der Waals surface area contributed by atoms with E-state index >= 15 is 0 Å². The number of amides is 1. The maximum absolute atomic E-state index is 13.1. The van der Waals surface area contributed by atoms with Gasteiger partial charge in [-0.15, -0.1) is 10.2 Å². The Morgan fingerprint density at radius 1 is 1.03 bits per heavy atom. The Morgan fingerprint density at radius 2 is 1.76 bits per heavy atom. The van der Waals surface area contributed by atoms with Crippen LogP contribution in [0.4, 0.5) is 5.69 Å². The molecule has 0 radical (unpaired) electrons. The van der Waals surface area contributed by atoms with Gasteiger partial charge in [0.2, 0.25) is 11.7 Å². The number of nitrogens with zero attached hydrogens (tertiary/aromatic N) is 4. The second-order valence-electron chi connectivity index (χ2n) is 8.85. The Balaban J connectivity index is 1.64. The van der Waals surface area contributed by atoms with Gasteiger partial charge in [-0.05, 0) is 42.0 Å². The van der Waals surface area contributed by atoms with Gasteiger partial charge in [0.1, 0.15) is 0 Å². The Labute approximate surface area is 197 Å². The molecule has 0 fully saturated rings. The molecule has 0 saturated carbocycles. The summed E-state index contributed by atoms with van der Waals surface area (Å²) < 4.78 is 3.58. The van der Waals surface area contributed by atoms with Gasteiger partial charge in [-0.25, -0.2) is 0 Å². The van der Waals surface area contributed by atoms with Crippen LogP contribution in [0.15, 0.2) is 58.5 Å². The summed E-state index contributed by atoms with van der Waals surface area (Å²) in [5.41, 5.74) is 2.61. The fraction of sp³-hybridized carbons (Fsp3) is 0.360. The molecule has 0 aliphatic carbocycles. The van der Waals surface area contributed by atoms with Crippen molar-refractivity contribution in [1.82, 2.24) is 19.2 Å². The highest BCUT2D eigenvalue weighted by Crippen LogP contribution is 2.25. The molecule has 0 saturated heterocycles. The number of hydrogen-bond donors (Lipinski definition) is 1. The van der Waals surface area contributed by atoms with Crippen molar-refractivity contribution in [3.63, 3.8) is 0 Å². The van der Waals surface area contributed by atoms with E-state index in [4.69, 9.17) is 0 Å². The zero-order valence-corrected chi connectivity index (χ0v) is 20.2. The SMILES string of the molecule is CC(C)CCn1c(=O)c2ccccc2n2c(SCC(=O)Nc3ccccc3C(C)C)nnc12. The van der Waals surface area contributed by atoms with Crippen molar-refractivity contribution in [2.45, 2.75) is 51.7 Å². The summed E-state index contributed by atoms with van der Waals surface area (Å²) in [6.45, 7) is 9.03. The van der Waals surface area contributed by atoms with Crippen molar-refractivity contribution < 1.29 is 4.79 Å². The van der Waals surface area contributed by atoms with Crippen LogP contribution in [0.1, 0.15) is 45.6 Å². The van der Waals surface area contributed by atoms with E-state index in [0.29, 0.717) is 34.7 Å². The normalized spacial score (nSPS) is 11.7. The first-order valence-corrected chi connectivity index (χ1v) is 12.2. The van der Waals surface area contributed by atoms with Crippen molar-refractivity contribution in [2.24, 2.45) is 5.92 Å². The molecule has 0 bridgehead atoms. The van der Waals surface area contributed by atoms with Gasteiger partial charge in [-0.1, -0.05) is 69.8 Å². The highest BCUT2D eigenvalue weighted by molar-refractivity contribution is 7.99. The Kier molecular flexibility index (Phi) is 6.83. The molecule has 0 unspecified atom stereocenters. The first kappa shape index (κ1) is 23.0. The van der Waals surface area contributed by atoms with Crippen LogP contribution in [0.3, 0.4) is 0 Å². The molecule has 2 heterocycles. The van der Waals surface area contributed by atoms with Crippen LogP contribution < -0.4 is 10.9 Å². The molecule has 2 aromatic carbocycles. The number of anilines is 1. The summed E-state index contributed by atoms with van der Waals surface area (Å²) >= 11 is 1.31. The summed E-state index contributed by atoms with van der Waals surface area (Å²) in [6, 6.07) is 15.3. The molecule has 0 aliphatic heterocycles. The third-order valence-corrected chi connectivity index (χ3v) is 6.53. The largest absolute Gasteiger partial charge is 0.325 e. The molecule has 2 aromatic heterocycles. The van der Waals surface area contributed by atoms with E-state index in [9.17, 15) is 9.59 Å². The second-order valence-corrected chi connectivity index (χ2v) is 9.80. The summed E-state index contributed by atoms with van der Waals surface area (Å²) in [6.07, 6.45) is 0.862. The molecule has 1 N–H and O–H groups in total. The van der Waals surface area contributed by atoms with Gasteiger partial charge in [0.25, 0.3) is 5.56 Å². The number of para-hydroxylation sites is 2. The molecule has 0 aliphatic rings. The fourth-order valence-corrected chi connectivity index (χ4v) is 4.59. The van der Waals surface area contributed by atoms with Crippen molar-refractivity contribution in [1.29, 1.82) is 0 Å². The van der Waals surface area contributed by atoms with E-state index in [2.05, 4.69) is 43.2 Å². The number of benzene rings is 2. The van der Waals surface area contributed by atoms with Crippen LogP contribution in [0.25, 0.3) is 16.7 Å². The maximum Gasteiger partial charge on any atom is 0.262 e. The minimum Gasteiger partial charge on any atom is -0.325 e. The lowest BCUT2D eigenvalue weighted by Gasteiger charge is -2.14. The maximum atomic E-state index is 13.1. The first-order valence-electron chi connectivity index (χ1n) is 11.2. The van der Waals surface area contributed by atoms with Gasteiger partial charge in [0.15, 0.2) is 5.16 Å². The molecule has 33 heavy (non-hydrogen) atoms. The Morgan fingerprint density at radius 3 is 2.52 bits per heavy atom. The third kappa shape index (κ3) is 4.80. The molecule has 0 atom stereocenters. The molecule has 4 rings (SSSR count). The van der Waals surface area contributed by atoms with Crippen molar-refractivity contribution in [3.8, 4) is 0 Å². The van der Waals surface area contributed by atoms with Crippen LogP contribution in [0.2, 0.25) is 0 Å². The van der Waals surface area contributed by atoms with E-state index in [1.807, 2.05) is 52.9 Å². The molecular formula is C25H29N5O2S. The lowest BCUT2D eigenvalue weighted by atomic mass is 10.0. The number of nitrogens with one attached hydrogen (secondary N) is 1. The summed E-state index contributed by atoms with van der Waals surface area (Å²) in [7, 11) is 0. The zero-order valence-electron chi connectivity index (χ0n) is 19.4. The monoisotopic (exact) mass is 463 g/mol. The number of rotatable bonds is 8. The van der Waals surface area contributed by atoms with Crippen LogP contribution >= 0.6 is 11.8 Å². The average Bonchev–Trinajstić information content (AvgIpc) is 3.21. The molecular weight excluding hydrogens is 434 g/mol. The standard InChI is InChI=1S/C25H29N5O2S/c1-16(2)13-14-29-23(32)19-10-6-8-12-21(19)30-24(29)27-28-25(30)33-15-22(31)26-20-11-7-5-9-18(20)17(3)4/h5-12,16-17H,13-15H2,1-4H3,(H,26,31). The van der Waals surface area contributed by atoms with Gasteiger partial charge in [-0.2, -0.15) is 0 Å². The van der Waals surface area contributed by atoms with Gasteiger partial charge >= 0.3 is 0 Å². The number of fused-ring (bicyclic) bond motifs is 3. The smallest absolute Gasteiger partial charge is 0.262 e. The van der Waals surface area contributed by atoms with E-state index in [-0.39, 0.29) is 17.2 Å². The van der Waals surface area contributed by atoms with Gasteiger partial charge in [0.05, 0.1) is 16.7 Å². The summed E-state index contributed by atoms with van der Waals surface area (Å²) in [5, 5.41) is 12.9. The number of carbonyl (C=O) groups is 1. The molecule has 4 aromatic rings. The summed E-state index contributed by atoms with van der Waals surface area (Å²) in [5.74, 6) is 1.35. The number of aryl methyl sites for hydroxylation is 1. The topological polar surface area (TPSA) is 81.3 Å². The number of carbonyl (C=O) groups excluding carboxylic acids is 1. The van der Waals surface area contributed by atoms with Crippen LogP contribution in [0.5, 0.6) is 0 Å². The molecule has 8 heteroatoms. The van der Waals surface area contributed by atoms with E-state index in [0.717, 1.165) is 23.2 Å². The lowest BCUT2D eigenvalue weighted by Crippen LogP contribution is -2.24. The van der Waals surface area contributed by atoms with E-state index in [1.54, 1.807) is 4.57 Å². The quantitative estimate of drug-likeness (QED) is 0.374. The van der Waals surface area contributed by atoms with Crippen molar-refractivity contribution in [2.75, 3.05) is 11.1 Å². The minimum absolute atomic E-state index is 0.0641. The van der Waals surface area contributed by atoms with Crippen LogP contribution in [-0.2, 0) is 11.3 Å². The molecule has 1 amide bonds. The zero-order chi connectivity index (χ0) is 23.5. The third-order valence-electron chi connectivity index (χ3n) is 5.60. The van der Waals surface area contributed by atoms with Crippen LogP contribution in [-0.4, -0.2) is 30.8 Å². The van der Waals surface area contributed by atoms with Gasteiger partial charge in [0, 0.05) is 12.2 Å². The predicted octanol–water partition coefficient (Wildman–Crippen LogP) is 4.94. The number of aromatic nitrogens is 4. The summed E-state index contributed by atoms with van der Waals surface area (Å²) in [4.78, 5) is 25.9. The Bertz CT molecular complexity index is 1360. The fourth-order valence-electron chi connectivity index (χ4n) is 3.85. The van der Waals surface area contributed by atoms with Crippen molar-refractivity contribution in [3.05, 3.63) is 64.4 Å². The van der Waals surface area contributed by atoms with Gasteiger partial charge in [-0.3, -0.25) is 18.6 Å². The Hall–Kier alpha value is -3.13. The number of hydrogen-bond acceptors (Lipinski definition) is 5. The average molecular weight is 464 g/mol. The number of thioether (sulfide) groups is 1. The second kappa shape index (κ2) is 9.79. The predicted molar refractivity (Wildman–Crippen MR) is 134 cm³/mol. The van der Waals surface area contributed by atoms with Crippen molar-refractivity contribution >= 4 is 40.0 Å². The molecule has 0 spiro atoms. The van der Waals surface area contributed by atoms with Crippen LogP contribution in [0, 0.1) is 5.92 Å². The highest BCUT2D eigenvalue weighted by atomic mass is 32.2. The molecule has 172 valence electrons. The first-order chi connectivity index (χ1) is 15.9. The molecule has 7 nitrogen and oxygen atoms in total. The minimum atomic E-state index is -0.109. The van der Waals surface area contributed by atoms with E-state index in [1.165, 1.54) is 11.8 Å². The lowest BCUT2D eigenvalue weighted by molar-refractivity contribution is -0.113.